The lowest BCUT2D eigenvalue weighted by Crippen LogP contribution is -2.34. The van der Waals surface area contributed by atoms with E-state index in [-0.39, 0.29) is 5.91 Å². The third kappa shape index (κ3) is 4.47. The average Bonchev–Trinajstić information content (AvgIpc) is 3.43. The zero-order valence-corrected chi connectivity index (χ0v) is 18.6. The molecule has 0 saturated carbocycles. The first-order valence-corrected chi connectivity index (χ1v) is 11.4. The number of carbonyl (C=O) groups is 1. The van der Waals surface area contributed by atoms with Gasteiger partial charge in [-0.3, -0.25) is 4.79 Å². The van der Waals surface area contributed by atoms with Gasteiger partial charge in [-0.05, 0) is 53.7 Å². The van der Waals surface area contributed by atoms with E-state index in [1.807, 2.05) is 12.3 Å². The first-order valence-electron chi connectivity index (χ1n) is 10.5. The normalized spacial score (nSPS) is 11.8. The highest BCUT2D eigenvalue weighted by Gasteiger charge is 2.14. The van der Waals surface area contributed by atoms with Gasteiger partial charge in [-0.2, -0.15) is 0 Å². The number of nitrogens with two attached hydrogens (primary N) is 1. The molecule has 0 spiro atoms. The number of nitrogen functional groups attached to an aromatic ring is 1. The van der Waals surface area contributed by atoms with Crippen molar-refractivity contribution < 1.29 is 4.79 Å². The van der Waals surface area contributed by atoms with Gasteiger partial charge in [0.25, 0.3) is 0 Å². The maximum Gasteiger partial charge on any atom is 0.244 e. The van der Waals surface area contributed by atoms with E-state index in [2.05, 4.69) is 63.7 Å². The molecule has 4 N–H and O–H groups in total. The molecule has 6 nitrogen and oxygen atoms in total. The summed E-state index contributed by atoms with van der Waals surface area (Å²) in [6.07, 6.45) is 7.05. The molecule has 0 saturated heterocycles. The second-order valence-corrected chi connectivity index (χ2v) is 8.26. The number of H-pyrrole nitrogens is 1. The standard InChI is InChI=1S/C24H27N5OS/c1-3-29(4-2)12-11-27-21(30)8-6-18-14-28-24(25)22-19(15-31-23(18)22)16-5-7-20-17(13-16)9-10-26-20/h5-10,13-15,26H,3-4,11-12H2,1-2H3,(H2,25,28)(H,27,30). The highest BCUT2D eigenvalue weighted by Crippen LogP contribution is 2.39. The van der Waals surface area contributed by atoms with Crippen molar-refractivity contribution in [3.63, 3.8) is 0 Å². The average molecular weight is 434 g/mol. The molecule has 0 radical (unpaired) electrons. The van der Waals surface area contributed by atoms with Crippen LogP contribution in [0.1, 0.15) is 19.4 Å². The van der Waals surface area contributed by atoms with Gasteiger partial charge in [-0.1, -0.05) is 19.9 Å². The van der Waals surface area contributed by atoms with Gasteiger partial charge in [0.15, 0.2) is 0 Å². The minimum absolute atomic E-state index is 0.105. The molecule has 0 aliphatic carbocycles. The Morgan fingerprint density at radius 1 is 1.29 bits per heavy atom. The van der Waals surface area contributed by atoms with Gasteiger partial charge >= 0.3 is 0 Å². The van der Waals surface area contributed by atoms with Crippen LogP contribution >= 0.6 is 11.3 Å². The Kier molecular flexibility index (Phi) is 6.34. The molecule has 1 aromatic carbocycles. The van der Waals surface area contributed by atoms with Gasteiger partial charge in [-0.25, -0.2) is 4.98 Å². The number of benzene rings is 1. The smallest absolute Gasteiger partial charge is 0.244 e. The number of rotatable bonds is 8. The number of aromatic amines is 1. The van der Waals surface area contributed by atoms with E-state index in [4.69, 9.17) is 5.73 Å². The van der Waals surface area contributed by atoms with Crippen molar-refractivity contribution in [3.05, 3.63) is 53.7 Å². The molecule has 3 heterocycles. The topological polar surface area (TPSA) is 87.0 Å². The summed E-state index contributed by atoms with van der Waals surface area (Å²) in [5.74, 6) is 0.396. The molecule has 3 aromatic heterocycles. The molecule has 7 heteroatoms. The number of fused-ring (bicyclic) bond motifs is 2. The molecule has 0 fully saturated rings. The summed E-state index contributed by atoms with van der Waals surface area (Å²) in [5, 5.41) is 7.14. The van der Waals surface area contributed by atoms with Gasteiger partial charge in [-0.15, -0.1) is 11.3 Å². The number of nitrogens with one attached hydrogen (secondary N) is 2. The van der Waals surface area contributed by atoms with Crippen molar-refractivity contribution in [1.82, 2.24) is 20.2 Å². The first-order chi connectivity index (χ1) is 15.1. The van der Waals surface area contributed by atoms with Crippen LogP contribution in [0.25, 0.3) is 38.2 Å². The molecular weight excluding hydrogens is 406 g/mol. The number of likely N-dealkylation sites (N-methyl/N-ethyl adjacent to an activating group) is 1. The second-order valence-electron chi connectivity index (χ2n) is 7.38. The van der Waals surface area contributed by atoms with E-state index in [0.29, 0.717) is 12.4 Å². The van der Waals surface area contributed by atoms with Crippen molar-refractivity contribution in [2.45, 2.75) is 13.8 Å². The van der Waals surface area contributed by atoms with E-state index >= 15 is 0 Å². The minimum Gasteiger partial charge on any atom is -0.383 e. The van der Waals surface area contributed by atoms with Gasteiger partial charge in [0.05, 0.1) is 0 Å². The summed E-state index contributed by atoms with van der Waals surface area (Å²) >= 11 is 1.62. The number of carbonyl (C=O) groups excluding carboxylic acids is 1. The van der Waals surface area contributed by atoms with E-state index in [1.165, 1.54) is 0 Å². The molecule has 0 bridgehead atoms. The Morgan fingerprint density at radius 3 is 2.94 bits per heavy atom. The van der Waals surface area contributed by atoms with Crippen LogP contribution in [0.3, 0.4) is 0 Å². The number of thiophene rings is 1. The molecule has 160 valence electrons. The summed E-state index contributed by atoms with van der Waals surface area (Å²) in [4.78, 5) is 22.1. The molecule has 0 atom stereocenters. The van der Waals surface area contributed by atoms with Crippen LogP contribution in [0.4, 0.5) is 5.82 Å². The molecule has 31 heavy (non-hydrogen) atoms. The fraction of sp³-hybridized carbons (Fsp3) is 0.250. The molecule has 0 unspecified atom stereocenters. The number of hydrogen-bond donors (Lipinski definition) is 3. The number of amides is 1. The highest BCUT2D eigenvalue weighted by atomic mass is 32.1. The van der Waals surface area contributed by atoms with Crippen LogP contribution in [-0.2, 0) is 4.79 Å². The van der Waals surface area contributed by atoms with Crippen LogP contribution in [0, 0.1) is 0 Å². The van der Waals surface area contributed by atoms with E-state index in [1.54, 1.807) is 23.6 Å². The highest BCUT2D eigenvalue weighted by molar-refractivity contribution is 7.18. The Balaban J connectivity index is 1.56. The summed E-state index contributed by atoms with van der Waals surface area (Å²) in [6.45, 7) is 7.68. The van der Waals surface area contributed by atoms with Crippen LogP contribution < -0.4 is 11.1 Å². The lowest BCUT2D eigenvalue weighted by atomic mass is 10.0. The van der Waals surface area contributed by atoms with E-state index in [0.717, 1.165) is 57.3 Å². The Morgan fingerprint density at radius 2 is 2.13 bits per heavy atom. The SMILES string of the molecule is CCN(CC)CCNC(=O)C=Cc1cnc(N)c2c(-c3ccc4[nH]ccc4c3)csc12. The number of hydrogen-bond acceptors (Lipinski definition) is 5. The van der Waals surface area contributed by atoms with Crippen molar-refractivity contribution >= 4 is 50.1 Å². The van der Waals surface area contributed by atoms with Crippen molar-refractivity contribution in [2.75, 3.05) is 31.9 Å². The van der Waals surface area contributed by atoms with Gasteiger partial charge in [0, 0.05) is 58.3 Å². The summed E-state index contributed by atoms with van der Waals surface area (Å²) < 4.78 is 1.03. The number of nitrogens with zero attached hydrogens (tertiary/aromatic N) is 2. The number of anilines is 1. The lowest BCUT2D eigenvalue weighted by Gasteiger charge is -2.17. The molecule has 0 aliphatic heterocycles. The zero-order chi connectivity index (χ0) is 21.8. The molecule has 4 rings (SSSR count). The number of pyridine rings is 1. The molecule has 0 aliphatic rings. The summed E-state index contributed by atoms with van der Waals surface area (Å²) in [7, 11) is 0. The maximum atomic E-state index is 12.2. The quantitative estimate of drug-likeness (QED) is 0.357. The zero-order valence-electron chi connectivity index (χ0n) is 17.8. The van der Waals surface area contributed by atoms with Crippen molar-refractivity contribution in [3.8, 4) is 11.1 Å². The maximum absolute atomic E-state index is 12.2. The molecular formula is C24H27N5OS. The largest absolute Gasteiger partial charge is 0.383 e. The second kappa shape index (κ2) is 9.32. The first kappa shape index (κ1) is 21.1. The Labute approximate surface area is 185 Å². The summed E-state index contributed by atoms with van der Waals surface area (Å²) in [6, 6.07) is 8.37. The van der Waals surface area contributed by atoms with Gasteiger partial charge in [0.2, 0.25) is 5.91 Å². The fourth-order valence-corrected chi connectivity index (χ4v) is 4.82. The predicted octanol–water partition coefficient (Wildman–Crippen LogP) is 4.50. The fourth-order valence-electron chi connectivity index (χ4n) is 3.74. The third-order valence-electron chi connectivity index (χ3n) is 5.55. The lowest BCUT2D eigenvalue weighted by molar-refractivity contribution is -0.116. The van der Waals surface area contributed by atoms with Crippen molar-refractivity contribution in [2.24, 2.45) is 0 Å². The monoisotopic (exact) mass is 433 g/mol. The van der Waals surface area contributed by atoms with Crippen LogP contribution in [-0.4, -0.2) is 47.0 Å². The molecule has 1 amide bonds. The van der Waals surface area contributed by atoms with Crippen LogP contribution in [0.5, 0.6) is 0 Å². The number of aromatic nitrogens is 2. The van der Waals surface area contributed by atoms with Gasteiger partial charge < -0.3 is 20.9 Å². The Bertz CT molecular complexity index is 1240. The van der Waals surface area contributed by atoms with Crippen LogP contribution in [0.2, 0.25) is 0 Å². The predicted molar refractivity (Wildman–Crippen MR) is 131 cm³/mol. The van der Waals surface area contributed by atoms with Crippen molar-refractivity contribution in [1.29, 1.82) is 0 Å². The van der Waals surface area contributed by atoms with E-state index < -0.39 is 0 Å². The van der Waals surface area contributed by atoms with Gasteiger partial charge in [0.1, 0.15) is 5.82 Å². The molecule has 4 aromatic rings. The van der Waals surface area contributed by atoms with Crippen LogP contribution in [0.15, 0.2) is 48.1 Å². The third-order valence-corrected chi connectivity index (χ3v) is 6.58. The Hall–Kier alpha value is -3.16. The van der Waals surface area contributed by atoms with E-state index in [9.17, 15) is 4.79 Å². The minimum atomic E-state index is -0.105. The summed E-state index contributed by atoms with van der Waals surface area (Å²) in [5.41, 5.74) is 10.4.